The predicted octanol–water partition coefficient (Wildman–Crippen LogP) is -2.57. The molecular formula is C6H13NO4. The van der Waals surface area contributed by atoms with Gasteiger partial charge >= 0.3 is 0 Å². The fourth-order valence-corrected chi connectivity index (χ4v) is 1.07. The van der Waals surface area contributed by atoms with Crippen LogP contribution in [-0.2, 0) is 4.74 Å². The van der Waals surface area contributed by atoms with E-state index in [-0.39, 0.29) is 13.2 Å². The Morgan fingerprint density at radius 1 is 1.27 bits per heavy atom. The Balaban J connectivity index is 2.52. The standard InChI is InChI=1S/C6H13NO4/c7-1-4-6(10)5(9)3(8)2-11-4/h3-6,8-10H,1-2,7H2/t3-,4+,5+,6+/m0/s1. The van der Waals surface area contributed by atoms with Gasteiger partial charge in [-0.25, -0.2) is 0 Å². The highest BCUT2D eigenvalue weighted by Crippen LogP contribution is 2.14. The Hall–Kier alpha value is -0.200. The van der Waals surface area contributed by atoms with Crippen LogP contribution in [0.25, 0.3) is 0 Å². The summed E-state index contributed by atoms with van der Waals surface area (Å²) in [5.41, 5.74) is 5.22. The van der Waals surface area contributed by atoms with E-state index in [4.69, 9.17) is 20.7 Å². The van der Waals surface area contributed by atoms with Gasteiger partial charge in [0, 0.05) is 6.54 Å². The maximum absolute atomic E-state index is 9.19. The highest BCUT2D eigenvalue weighted by Gasteiger charge is 2.36. The molecule has 1 rings (SSSR count). The first-order valence-electron chi connectivity index (χ1n) is 3.52. The Labute approximate surface area is 64.4 Å². The van der Waals surface area contributed by atoms with E-state index in [1.807, 2.05) is 0 Å². The van der Waals surface area contributed by atoms with E-state index in [1.165, 1.54) is 0 Å². The normalized spacial score (nSPS) is 45.8. The van der Waals surface area contributed by atoms with Gasteiger partial charge in [-0.05, 0) is 0 Å². The summed E-state index contributed by atoms with van der Waals surface area (Å²) >= 11 is 0. The molecule has 0 aromatic rings. The van der Waals surface area contributed by atoms with Crippen LogP contribution in [-0.4, -0.2) is 52.9 Å². The van der Waals surface area contributed by atoms with Crippen molar-refractivity contribution in [3.05, 3.63) is 0 Å². The number of rotatable bonds is 1. The van der Waals surface area contributed by atoms with Crippen molar-refractivity contribution in [3.63, 3.8) is 0 Å². The first-order valence-corrected chi connectivity index (χ1v) is 3.52. The Kier molecular flexibility index (Phi) is 2.80. The number of hydrogen-bond donors (Lipinski definition) is 4. The van der Waals surface area contributed by atoms with E-state index >= 15 is 0 Å². The number of aliphatic hydroxyl groups excluding tert-OH is 3. The highest BCUT2D eigenvalue weighted by molar-refractivity contribution is 4.86. The largest absolute Gasteiger partial charge is 0.388 e. The minimum absolute atomic E-state index is 0.0279. The van der Waals surface area contributed by atoms with Gasteiger partial charge in [0.2, 0.25) is 0 Å². The summed E-state index contributed by atoms with van der Waals surface area (Å²) in [5.74, 6) is 0. The van der Waals surface area contributed by atoms with Crippen molar-refractivity contribution in [2.24, 2.45) is 5.73 Å². The van der Waals surface area contributed by atoms with Crippen LogP contribution in [0.5, 0.6) is 0 Å². The molecule has 0 amide bonds. The van der Waals surface area contributed by atoms with Gasteiger partial charge in [0.1, 0.15) is 18.3 Å². The summed E-state index contributed by atoms with van der Waals surface area (Å²) in [5, 5.41) is 27.3. The molecule has 5 heteroatoms. The maximum atomic E-state index is 9.19. The van der Waals surface area contributed by atoms with Crippen LogP contribution in [0.2, 0.25) is 0 Å². The molecule has 66 valence electrons. The molecule has 0 aliphatic carbocycles. The maximum Gasteiger partial charge on any atom is 0.111 e. The number of aliphatic hydroxyl groups is 3. The summed E-state index contributed by atoms with van der Waals surface area (Å²) < 4.78 is 4.94. The molecule has 1 heterocycles. The van der Waals surface area contributed by atoms with Gasteiger partial charge in [-0.15, -0.1) is 0 Å². The van der Waals surface area contributed by atoms with Crippen molar-refractivity contribution in [1.82, 2.24) is 0 Å². The molecule has 0 bridgehead atoms. The highest BCUT2D eigenvalue weighted by atomic mass is 16.5. The second kappa shape index (κ2) is 3.46. The topological polar surface area (TPSA) is 95.9 Å². The third-order valence-corrected chi connectivity index (χ3v) is 1.84. The van der Waals surface area contributed by atoms with Crippen molar-refractivity contribution in [1.29, 1.82) is 0 Å². The van der Waals surface area contributed by atoms with Gasteiger partial charge in [-0.2, -0.15) is 0 Å². The second-order valence-corrected chi connectivity index (χ2v) is 2.66. The minimum atomic E-state index is -1.14. The van der Waals surface area contributed by atoms with Crippen molar-refractivity contribution in [2.75, 3.05) is 13.2 Å². The molecule has 5 N–H and O–H groups in total. The molecule has 0 aromatic carbocycles. The monoisotopic (exact) mass is 163 g/mol. The van der Waals surface area contributed by atoms with Gasteiger partial charge < -0.3 is 25.8 Å². The molecule has 0 spiro atoms. The fourth-order valence-electron chi connectivity index (χ4n) is 1.07. The summed E-state index contributed by atoms with van der Waals surface area (Å²) in [7, 11) is 0. The fraction of sp³-hybridized carbons (Fsp3) is 1.00. The molecular weight excluding hydrogens is 150 g/mol. The lowest BCUT2D eigenvalue weighted by Gasteiger charge is -2.34. The van der Waals surface area contributed by atoms with Crippen molar-refractivity contribution in [2.45, 2.75) is 24.4 Å². The zero-order valence-electron chi connectivity index (χ0n) is 6.05. The molecule has 4 atom stereocenters. The molecule has 0 radical (unpaired) electrons. The molecule has 11 heavy (non-hydrogen) atoms. The molecule has 5 nitrogen and oxygen atoms in total. The van der Waals surface area contributed by atoms with Crippen LogP contribution in [0, 0.1) is 0 Å². The lowest BCUT2D eigenvalue weighted by atomic mass is 10.0. The van der Waals surface area contributed by atoms with Crippen LogP contribution in [0.4, 0.5) is 0 Å². The molecule has 0 aromatic heterocycles. The zero-order valence-corrected chi connectivity index (χ0v) is 6.05. The average Bonchev–Trinajstić information content (AvgIpc) is 2.01. The quantitative estimate of drug-likeness (QED) is 0.340. The molecule has 0 saturated carbocycles. The first kappa shape index (κ1) is 8.89. The van der Waals surface area contributed by atoms with E-state index in [2.05, 4.69) is 0 Å². The van der Waals surface area contributed by atoms with Gasteiger partial charge in [0.05, 0.1) is 12.7 Å². The van der Waals surface area contributed by atoms with E-state index in [9.17, 15) is 5.11 Å². The Morgan fingerprint density at radius 2 is 1.91 bits per heavy atom. The van der Waals surface area contributed by atoms with E-state index in [0.29, 0.717) is 0 Å². The SMILES string of the molecule is NC[C@H]1OC[C@H](O)[C@@H](O)[C@@H]1O. The summed E-state index contributed by atoms with van der Waals surface area (Å²) in [6, 6.07) is 0. The molecule has 1 aliphatic heterocycles. The van der Waals surface area contributed by atoms with Crippen LogP contribution in [0.3, 0.4) is 0 Å². The minimum Gasteiger partial charge on any atom is -0.388 e. The second-order valence-electron chi connectivity index (χ2n) is 2.66. The van der Waals surface area contributed by atoms with Gasteiger partial charge in [-0.1, -0.05) is 0 Å². The number of ether oxygens (including phenoxy) is 1. The summed E-state index contributed by atoms with van der Waals surface area (Å²) in [6.07, 6.45) is -3.79. The summed E-state index contributed by atoms with van der Waals surface area (Å²) in [4.78, 5) is 0. The van der Waals surface area contributed by atoms with Crippen LogP contribution in [0.1, 0.15) is 0 Å². The predicted molar refractivity (Wildman–Crippen MR) is 36.8 cm³/mol. The summed E-state index contributed by atoms with van der Waals surface area (Å²) in [6.45, 7) is 0.172. The van der Waals surface area contributed by atoms with Crippen LogP contribution < -0.4 is 5.73 Å². The van der Waals surface area contributed by atoms with Crippen molar-refractivity contribution in [3.8, 4) is 0 Å². The van der Waals surface area contributed by atoms with E-state index in [1.54, 1.807) is 0 Å². The average molecular weight is 163 g/mol. The van der Waals surface area contributed by atoms with Crippen LogP contribution >= 0.6 is 0 Å². The molecule has 0 unspecified atom stereocenters. The van der Waals surface area contributed by atoms with Crippen molar-refractivity contribution < 1.29 is 20.1 Å². The number of nitrogens with two attached hydrogens (primary N) is 1. The Bertz CT molecular complexity index is 130. The zero-order chi connectivity index (χ0) is 8.43. The molecule has 1 fully saturated rings. The number of hydrogen-bond acceptors (Lipinski definition) is 5. The third kappa shape index (κ3) is 1.69. The molecule has 1 aliphatic rings. The lowest BCUT2D eigenvalue weighted by Crippen LogP contribution is -2.55. The smallest absolute Gasteiger partial charge is 0.111 e. The lowest BCUT2D eigenvalue weighted by molar-refractivity contribution is -0.183. The van der Waals surface area contributed by atoms with Crippen LogP contribution in [0.15, 0.2) is 0 Å². The molecule has 1 saturated heterocycles. The van der Waals surface area contributed by atoms with Gasteiger partial charge in [0.25, 0.3) is 0 Å². The van der Waals surface area contributed by atoms with E-state index < -0.39 is 24.4 Å². The Morgan fingerprint density at radius 3 is 2.45 bits per heavy atom. The third-order valence-electron chi connectivity index (χ3n) is 1.84. The van der Waals surface area contributed by atoms with Gasteiger partial charge in [0.15, 0.2) is 0 Å². The first-order chi connectivity index (χ1) is 5.16. The van der Waals surface area contributed by atoms with E-state index in [0.717, 1.165) is 0 Å². The van der Waals surface area contributed by atoms with Crippen molar-refractivity contribution >= 4 is 0 Å². The van der Waals surface area contributed by atoms with Gasteiger partial charge in [-0.3, -0.25) is 0 Å².